The van der Waals surface area contributed by atoms with Gasteiger partial charge in [0.15, 0.2) is 0 Å². The van der Waals surface area contributed by atoms with Gasteiger partial charge in [-0.2, -0.15) is 0 Å². The summed E-state index contributed by atoms with van der Waals surface area (Å²) in [6.07, 6.45) is 0. The van der Waals surface area contributed by atoms with Crippen molar-refractivity contribution < 1.29 is 4.92 Å². The number of nitro groups is 1. The predicted octanol–water partition coefficient (Wildman–Crippen LogP) is 4.58. The van der Waals surface area contributed by atoms with Crippen LogP contribution in [-0.4, -0.2) is 16.5 Å². The molecule has 0 saturated carbocycles. The Bertz CT molecular complexity index is 681. The van der Waals surface area contributed by atoms with E-state index in [9.17, 15) is 10.1 Å². The summed E-state index contributed by atoms with van der Waals surface area (Å²) in [4.78, 5) is 14.8. The molecule has 0 aliphatic heterocycles. The van der Waals surface area contributed by atoms with E-state index in [1.54, 1.807) is 24.3 Å². The summed E-state index contributed by atoms with van der Waals surface area (Å²) >= 11 is 9.41. The third-order valence-corrected chi connectivity index (χ3v) is 3.43. The topological polar surface area (TPSA) is 80.1 Å². The SMILES string of the molecule is CCNc1ccc([N+](=O)[O-])c(Nc2cc(Br)ccc2Cl)n1. The molecule has 0 saturated heterocycles. The van der Waals surface area contributed by atoms with Crippen LogP contribution in [0.3, 0.4) is 0 Å². The first-order valence-electron chi connectivity index (χ1n) is 6.12. The van der Waals surface area contributed by atoms with Crippen LogP contribution in [0.15, 0.2) is 34.8 Å². The highest BCUT2D eigenvalue weighted by molar-refractivity contribution is 9.10. The monoisotopic (exact) mass is 370 g/mol. The van der Waals surface area contributed by atoms with E-state index in [0.29, 0.717) is 23.1 Å². The smallest absolute Gasteiger partial charge is 0.311 e. The normalized spacial score (nSPS) is 10.2. The molecule has 110 valence electrons. The van der Waals surface area contributed by atoms with E-state index in [4.69, 9.17) is 11.6 Å². The Balaban J connectivity index is 2.43. The van der Waals surface area contributed by atoms with Gasteiger partial charge in [0, 0.05) is 17.1 Å². The van der Waals surface area contributed by atoms with E-state index in [2.05, 4.69) is 31.5 Å². The number of anilines is 3. The van der Waals surface area contributed by atoms with Crippen LogP contribution in [0.4, 0.5) is 23.0 Å². The fourth-order valence-electron chi connectivity index (χ4n) is 1.69. The molecule has 0 aliphatic rings. The molecule has 0 spiro atoms. The number of aromatic nitrogens is 1. The molecule has 1 heterocycles. The molecule has 1 aromatic heterocycles. The highest BCUT2D eigenvalue weighted by atomic mass is 79.9. The quantitative estimate of drug-likeness (QED) is 0.594. The Morgan fingerprint density at radius 3 is 2.81 bits per heavy atom. The Hall–Kier alpha value is -1.86. The largest absolute Gasteiger partial charge is 0.370 e. The van der Waals surface area contributed by atoms with Crippen molar-refractivity contribution in [3.8, 4) is 0 Å². The zero-order valence-electron chi connectivity index (χ0n) is 11.1. The van der Waals surface area contributed by atoms with Gasteiger partial charge in [-0.3, -0.25) is 10.1 Å². The number of nitrogens with zero attached hydrogens (tertiary/aromatic N) is 2. The molecule has 2 aromatic rings. The second kappa shape index (κ2) is 6.73. The van der Waals surface area contributed by atoms with Gasteiger partial charge in [0.25, 0.3) is 0 Å². The molecule has 2 N–H and O–H groups in total. The first-order chi connectivity index (χ1) is 10.0. The Morgan fingerprint density at radius 1 is 1.38 bits per heavy atom. The van der Waals surface area contributed by atoms with Gasteiger partial charge >= 0.3 is 5.69 Å². The molecule has 0 unspecified atom stereocenters. The highest BCUT2D eigenvalue weighted by Crippen LogP contribution is 2.32. The van der Waals surface area contributed by atoms with E-state index in [0.717, 1.165) is 4.47 Å². The lowest BCUT2D eigenvalue weighted by atomic mass is 10.3. The van der Waals surface area contributed by atoms with Crippen LogP contribution < -0.4 is 10.6 Å². The number of nitrogens with one attached hydrogen (secondary N) is 2. The van der Waals surface area contributed by atoms with Gasteiger partial charge in [-0.25, -0.2) is 4.98 Å². The Labute approximate surface area is 134 Å². The number of pyridine rings is 1. The average molecular weight is 372 g/mol. The van der Waals surface area contributed by atoms with Gasteiger partial charge in [-0.1, -0.05) is 27.5 Å². The van der Waals surface area contributed by atoms with Crippen molar-refractivity contribution in [3.63, 3.8) is 0 Å². The van der Waals surface area contributed by atoms with Gasteiger partial charge in [-0.15, -0.1) is 0 Å². The maximum atomic E-state index is 11.1. The maximum absolute atomic E-state index is 11.1. The van der Waals surface area contributed by atoms with Crippen molar-refractivity contribution in [1.82, 2.24) is 4.98 Å². The first kappa shape index (κ1) is 15.5. The molecular weight excluding hydrogens is 360 g/mol. The summed E-state index contributed by atoms with van der Waals surface area (Å²) in [5.41, 5.74) is 0.419. The summed E-state index contributed by atoms with van der Waals surface area (Å²) in [5.74, 6) is 0.690. The van der Waals surface area contributed by atoms with E-state index in [1.807, 2.05) is 6.92 Å². The minimum Gasteiger partial charge on any atom is -0.370 e. The van der Waals surface area contributed by atoms with Gasteiger partial charge < -0.3 is 10.6 Å². The van der Waals surface area contributed by atoms with Gasteiger partial charge in [-0.05, 0) is 31.2 Å². The van der Waals surface area contributed by atoms with Crippen molar-refractivity contribution in [3.05, 3.63) is 49.9 Å². The minimum absolute atomic E-state index is 0.118. The Morgan fingerprint density at radius 2 is 2.14 bits per heavy atom. The van der Waals surface area contributed by atoms with Crippen molar-refractivity contribution in [2.75, 3.05) is 17.2 Å². The summed E-state index contributed by atoms with van der Waals surface area (Å²) in [6, 6.07) is 8.17. The van der Waals surface area contributed by atoms with E-state index in [-0.39, 0.29) is 11.5 Å². The summed E-state index contributed by atoms with van der Waals surface area (Å²) < 4.78 is 0.805. The molecule has 0 radical (unpaired) electrons. The van der Waals surface area contributed by atoms with E-state index < -0.39 is 4.92 Å². The van der Waals surface area contributed by atoms with Crippen LogP contribution in [0, 0.1) is 10.1 Å². The fraction of sp³-hybridized carbons (Fsp3) is 0.154. The molecule has 6 nitrogen and oxygen atoms in total. The molecule has 8 heteroatoms. The van der Waals surface area contributed by atoms with Gasteiger partial charge in [0.1, 0.15) is 5.82 Å². The van der Waals surface area contributed by atoms with Crippen LogP contribution in [-0.2, 0) is 0 Å². The first-order valence-corrected chi connectivity index (χ1v) is 7.29. The fourth-order valence-corrected chi connectivity index (χ4v) is 2.22. The summed E-state index contributed by atoms with van der Waals surface area (Å²) in [6.45, 7) is 2.59. The number of halogens is 2. The second-order valence-corrected chi connectivity index (χ2v) is 5.42. The molecule has 2 rings (SSSR count). The lowest BCUT2D eigenvalue weighted by Crippen LogP contribution is -2.04. The van der Waals surface area contributed by atoms with Crippen molar-refractivity contribution in [1.29, 1.82) is 0 Å². The average Bonchev–Trinajstić information content (AvgIpc) is 2.43. The van der Waals surface area contributed by atoms with Crippen molar-refractivity contribution >= 4 is 50.5 Å². The molecule has 21 heavy (non-hydrogen) atoms. The third-order valence-electron chi connectivity index (χ3n) is 2.61. The minimum atomic E-state index is -0.489. The Kier molecular flexibility index (Phi) is 4.98. The van der Waals surface area contributed by atoms with Crippen LogP contribution in [0.2, 0.25) is 5.02 Å². The van der Waals surface area contributed by atoms with Crippen LogP contribution in [0.1, 0.15) is 6.92 Å². The second-order valence-electron chi connectivity index (χ2n) is 4.10. The van der Waals surface area contributed by atoms with Gasteiger partial charge in [0.2, 0.25) is 5.82 Å². The van der Waals surface area contributed by atoms with Crippen LogP contribution >= 0.6 is 27.5 Å². The molecular formula is C13H12BrClN4O2. The number of hydrogen-bond donors (Lipinski definition) is 2. The zero-order chi connectivity index (χ0) is 15.4. The van der Waals surface area contributed by atoms with Crippen LogP contribution in [0.25, 0.3) is 0 Å². The molecule has 0 bridgehead atoms. The lowest BCUT2D eigenvalue weighted by Gasteiger charge is -2.10. The highest BCUT2D eigenvalue weighted by Gasteiger charge is 2.17. The number of benzene rings is 1. The van der Waals surface area contributed by atoms with E-state index >= 15 is 0 Å². The summed E-state index contributed by atoms with van der Waals surface area (Å²) in [5, 5.41) is 17.5. The molecule has 0 amide bonds. The van der Waals surface area contributed by atoms with Crippen molar-refractivity contribution in [2.24, 2.45) is 0 Å². The van der Waals surface area contributed by atoms with Gasteiger partial charge in [0.05, 0.1) is 15.6 Å². The zero-order valence-corrected chi connectivity index (χ0v) is 13.4. The van der Waals surface area contributed by atoms with Crippen LogP contribution in [0.5, 0.6) is 0 Å². The molecule has 1 aromatic carbocycles. The molecule has 0 atom stereocenters. The van der Waals surface area contributed by atoms with Crippen molar-refractivity contribution in [2.45, 2.75) is 6.92 Å². The standard InChI is InChI=1S/C13H12BrClN4O2/c1-2-16-12-6-5-11(19(20)21)13(18-12)17-10-7-8(14)3-4-9(10)15/h3-7H,2H2,1H3,(H2,16,17,18). The number of rotatable bonds is 5. The van der Waals surface area contributed by atoms with E-state index in [1.165, 1.54) is 6.07 Å². The number of hydrogen-bond acceptors (Lipinski definition) is 5. The third kappa shape index (κ3) is 3.83. The lowest BCUT2D eigenvalue weighted by molar-refractivity contribution is -0.384. The molecule has 0 aliphatic carbocycles. The predicted molar refractivity (Wildman–Crippen MR) is 87.5 cm³/mol. The molecule has 0 fully saturated rings. The maximum Gasteiger partial charge on any atom is 0.311 e. The summed E-state index contributed by atoms with van der Waals surface area (Å²) in [7, 11) is 0.